The van der Waals surface area contributed by atoms with Crippen LogP contribution in [0.15, 0.2) is 29.1 Å². The van der Waals surface area contributed by atoms with Crippen molar-refractivity contribution in [3.63, 3.8) is 0 Å². The quantitative estimate of drug-likeness (QED) is 0.879. The lowest BCUT2D eigenvalue weighted by Crippen LogP contribution is -2.25. The van der Waals surface area contributed by atoms with E-state index in [1.165, 1.54) is 18.4 Å². The maximum atomic E-state index is 12.2. The third-order valence-electron chi connectivity index (χ3n) is 5.74. The van der Waals surface area contributed by atoms with E-state index in [2.05, 4.69) is 39.9 Å². The molecule has 2 aliphatic rings. The maximum absolute atomic E-state index is 12.2. The number of para-hydroxylation sites is 1. The van der Waals surface area contributed by atoms with Gasteiger partial charge in [-0.15, -0.1) is 0 Å². The van der Waals surface area contributed by atoms with Gasteiger partial charge in [-0.1, -0.05) is 18.2 Å². The average molecular weight is 368 g/mol. The van der Waals surface area contributed by atoms with Crippen molar-refractivity contribution in [1.29, 1.82) is 0 Å². The van der Waals surface area contributed by atoms with Gasteiger partial charge in [0.25, 0.3) is 5.56 Å². The Morgan fingerprint density at radius 3 is 2.85 bits per heavy atom. The standard InChI is InChI=1S/C21H28N4O2/c1-15-6-5-7-17(20(15)27-2)14-24-11-8-16(13-24)18-12-19(26)23-21(22-18)25-9-3-4-10-25/h5-7,12,16H,3-4,8-11,13-14H2,1-2H3,(H,22,23,26)/t16-/m0/s1. The van der Waals surface area contributed by atoms with Crippen molar-refractivity contribution < 1.29 is 4.74 Å². The molecule has 0 spiro atoms. The lowest BCUT2D eigenvalue weighted by atomic mass is 10.0. The minimum atomic E-state index is -0.0410. The number of ether oxygens (including phenoxy) is 1. The number of nitrogens with zero attached hydrogens (tertiary/aromatic N) is 3. The first-order valence-electron chi connectivity index (χ1n) is 9.85. The minimum Gasteiger partial charge on any atom is -0.496 e. The molecule has 144 valence electrons. The molecule has 4 rings (SSSR count). The van der Waals surface area contributed by atoms with Crippen molar-refractivity contribution in [3.8, 4) is 5.75 Å². The largest absolute Gasteiger partial charge is 0.496 e. The van der Waals surface area contributed by atoms with Gasteiger partial charge in [-0.05, 0) is 38.3 Å². The Hall–Kier alpha value is -2.34. The van der Waals surface area contributed by atoms with Crippen LogP contribution in [0.5, 0.6) is 5.75 Å². The van der Waals surface area contributed by atoms with Crippen LogP contribution in [-0.4, -0.2) is 48.2 Å². The van der Waals surface area contributed by atoms with E-state index in [0.29, 0.717) is 5.92 Å². The molecule has 1 aromatic heterocycles. The minimum absolute atomic E-state index is 0.0410. The number of nitrogens with one attached hydrogen (secondary N) is 1. The molecule has 6 nitrogen and oxygen atoms in total. The van der Waals surface area contributed by atoms with Gasteiger partial charge in [0.05, 0.1) is 12.8 Å². The molecule has 1 N–H and O–H groups in total. The lowest BCUT2D eigenvalue weighted by Gasteiger charge is -2.20. The first-order valence-corrected chi connectivity index (χ1v) is 9.85. The Balaban J connectivity index is 1.48. The smallest absolute Gasteiger partial charge is 0.252 e. The molecule has 2 fully saturated rings. The molecule has 0 saturated carbocycles. The fourth-order valence-electron chi connectivity index (χ4n) is 4.34. The molecule has 27 heavy (non-hydrogen) atoms. The zero-order valence-electron chi connectivity index (χ0n) is 16.2. The van der Waals surface area contributed by atoms with E-state index >= 15 is 0 Å². The van der Waals surface area contributed by atoms with Gasteiger partial charge in [0.1, 0.15) is 5.75 Å². The van der Waals surface area contributed by atoms with Gasteiger partial charge in [0.15, 0.2) is 0 Å². The lowest BCUT2D eigenvalue weighted by molar-refractivity contribution is 0.316. The molecule has 6 heteroatoms. The van der Waals surface area contributed by atoms with Gasteiger partial charge in [0.2, 0.25) is 5.95 Å². The first kappa shape index (κ1) is 18.0. The molecule has 2 aromatic rings. The van der Waals surface area contributed by atoms with Crippen molar-refractivity contribution in [2.24, 2.45) is 0 Å². The maximum Gasteiger partial charge on any atom is 0.252 e. The molecular weight excluding hydrogens is 340 g/mol. The van der Waals surface area contributed by atoms with Gasteiger partial charge in [-0.2, -0.15) is 0 Å². The fraction of sp³-hybridized carbons (Fsp3) is 0.524. The molecule has 2 aliphatic heterocycles. The summed E-state index contributed by atoms with van der Waals surface area (Å²) in [5.41, 5.74) is 3.27. The van der Waals surface area contributed by atoms with Crippen molar-refractivity contribution in [3.05, 3.63) is 51.4 Å². The average Bonchev–Trinajstić information content (AvgIpc) is 3.34. The molecule has 0 amide bonds. The van der Waals surface area contributed by atoms with E-state index in [-0.39, 0.29) is 5.56 Å². The number of hydrogen-bond donors (Lipinski definition) is 1. The van der Waals surface area contributed by atoms with Crippen molar-refractivity contribution >= 4 is 5.95 Å². The number of H-pyrrole nitrogens is 1. The second-order valence-electron chi connectivity index (χ2n) is 7.68. The zero-order chi connectivity index (χ0) is 18.8. The second kappa shape index (κ2) is 7.72. The molecular formula is C21H28N4O2. The Kier molecular flexibility index (Phi) is 5.16. The van der Waals surface area contributed by atoms with Crippen LogP contribution < -0.4 is 15.2 Å². The van der Waals surface area contributed by atoms with Gasteiger partial charge in [0, 0.05) is 43.7 Å². The highest BCUT2D eigenvalue weighted by Crippen LogP contribution is 2.30. The molecule has 3 heterocycles. The number of benzene rings is 1. The van der Waals surface area contributed by atoms with Crippen LogP contribution in [0.3, 0.4) is 0 Å². The summed E-state index contributed by atoms with van der Waals surface area (Å²) in [6.07, 6.45) is 3.37. The van der Waals surface area contributed by atoms with Crippen LogP contribution in [-0.2, 0) is 6.54 Å². The van der Waals surface area contributed by atoms with Crippen LogP contribution in [0, 0.1) is 6.92 Å². The molecule has 0 unspecified atom stereocenters. The second-order valence-corrected chi connectivity index (χ2v) is 7.68. The fourth-order valence-corrected chi connectivity index (χ4v) is 4.34. The van der Waals surface area contributed by atoms with Crippen molar-refractivity contribution in [2.75, 3.05) is 38.2 Å². The number of methoxy groups -OCH3 is 1. The van der Waals surface area contributed by atoms with Gasteiger partial charge in [-0.25, -0.2) is 4.98 Å². The van der Waals surface area contributed by atoms with Gasteiger partial charge in [-0.3, -0.25) is 14.7 Å². The van der Waals surface area contributed by atoms with E-state index in [9.17, 15) is 4.79 Å². The summed E-state index contributed by atoms with van der Waals surface area (Å²) in [6, 6.07) is 7.98. The third kappa shape index (κ3) is 3.86. The highest BCUT2D eigenvalue weighted by molar-refractivity contribution is 5.40. The molecule has 0 radical (unpaired) electrons. The summed E-state index contributed by atoms with van der Waals surface area (Å²) in [5.74, 6) is 2.03. The summed E-state index contributed by atoms with van der Waals surface area (Å²) < 4.78 is 5.60. The summed E-state index contributed by atoms with van der Waals surface area (Å²) in [6.45, 7) is 6.84. The zero-order valence-corrected chi connectivity index (χ0v) is 16.2. The van der Waals surface area contributed by atoms with E-state index in [4.69, 9.17) is 9.72 Å². The molecule has 1 aromatic carbocycles. The van der Waals surface area contributed by atoms with Gasteiger partial charge >= 0.3 is 0 Å². The summed E-state index contributed by atoms with van der Waals surface area (Å²) in [4.78, 5) is 24.5. The predicted molar refractivity (Wildman–Crippen MR) is 107 cm³/mol. The highest BCUT2D eigenvalue weighted by atomic mass is 16.5. The molecule has 0 aliphatic carbocycles. The van der Waals surface area contributed by atoms with Gasteiger partial charge < -0.3 is 9.64 Å². The number of likely N-dealkylation sites (tertiary alicyclic amines) is 1. The van der Waals surface area contributed by atoms with Crippen LogP contribution in [0.1, 0.15) is 42.0 Å². The van der Waals surface area contributed by atoms with Crippen LogP contribution >= 0.6 is 0 Å². The predicted octanol–water partition coefficient (Wildman–Crippen LogP) is 2.68. The van der Waals surface area contributed by atoms with Crippen LogP contribution in [0.2, 0.25) is 0 Å². The van der Waals surface area contributed by atoms with E-state index < -0.39 is 0 Å². The monoisotopic (exact) mass is 368 g/mol. The normalized spacial score (nSPS) is 20.4. The molecule has 0 bridgehead atoms. The molecule has 1 atom stereocenters. The van der Waals surface area contributed by atoms with Crippen LogP contribution in [0.25, 0.3) is 0 Å². The number of rotatable bonds is 5. The van der Waals surface area contributed by atoms with Crippen LogP contribution in [0.4, 0.5) is 5.95 Å². The van der Waals surface area contributed by atoms with E-state index in [1.54, 1.807) is 13.2 Å². The number of anilines is 1. The van der Waals surface area contributed by atoms with E-state index in [1.807, 2.05) is 0 Å². The Morgan fingerprint density at radius 1 is 1.26 bits per heavy atom. The number of aromatic nitrogens is 2. The van der Waals surface area contributed by atoms with E-state index in [0.717, 1.165) is 62.1 Å². The van der Waals surface area contributed by atoms with Crippen molar-refractivity contribution in [1.82, 2.24) is 14.9 Å². The molecule has 2 saturated heterocycles. The summed E-state index contributed by atoms with van der Waals surface area (Å²) >= 11 is 0. The summed E-state index contributed by atoms with van der Waals surface area (Å²) in [7, 11) is 1.73. The Morgan fingerprint density at radius 2 is 2.07 bits per heavy atom. The van der Waals surface area contributed by atoms with Crippen molar-refractivity contribution in [2.45, 2.75) is 38.6 Å². The highest BCUT2D eigenvalue weighted by Gasteiger charge is 2.27. The number of hydrogen-bond acceptors (Lipinski definition) is 5. The topological polar surface area (TPSA) is 61.5 Å². The first-order chi connectivity index (χ1) is 13.1. The number of aryl methyl sites for hydroxylation is 1. The SMILES string of the molecule is COc1c(C)cccc1CN1CC[C@H](c2cc(=O)[nH]c(N3CCCC3)n2)C1. The Labute approximate surface area is 160 Å². The third-order valence-corrected chi connectivity index (χ3v) is 5.74. The number of aromatic amines is 1. The summed E-state index contributed by atoms with van der Waals surface area (Å²) in [5, 5.41) is 0. The Bertz CT molecular complexity index is 858.